The van der Waals surface area contributed by atoms with E-state index in [0.717, 1.165) is 59.8 Å². The number of hydrogen-bond donors (Lipinski definition) is 2. The van der Waals surface area contributed by atoms with E-state index in [-0.39, 0.29) is 18.8 Å². The second kappa shape index (κ2) is 14.8. The van der Waals surface area contributed by atoms with Crippen LogP contribution in [-0.2, 0) is 22.6 Å². The van der Waals surface area contributed by atoms with E-state index in [9.17, 15) is 4.79 Å². The lowest BCUT2D eigenvalue weighted by atomic mass is 9.87. The molecule has 6 nitrogen and oxygen atoms in total. The van der Waals surface area contributed by atoms with Crippen molar-refractivity contribution in [1.82, 2.24) is 10.6 Å². The van der Waals surface area contributed by atoms with Gasteiger partial charge in [-0.2, -0.15) is 0 Å². The molecule has 1 fully saturated rings. The zero-order valence-electron chi connectivity index (χ0n) is 25.6. The van der Waals surface area contributed by atoms with Crippen LogP contribution >= 0.6 is 0 Å². The van der Waals surface area contributed by atoms with Crippen LogP contribution in [0.3, 0.4) is 0 Å². The summed E-state index contributed by atoms with van der Waals surface area (Å²) in [6.07, 6.45) is 1.06. The van der Waals surface area contributed by atoms with Gasteiger partial charge in [-0.05, 0) is 65.4 Å². The molecule has 1 aliphatic rings. The largest absolute Gasteiger partial charge is 0.467 e. The molecule has 2 atom stereocenters. The average Bonchev–Trinajstić information content (AvgIpc) is 3.02. The van der Waals surface area contributed by atoms with E-state index < -0.39 is 8.07 Å². The highest BCUT2D eigenvalue weighted by Gasteiger charge is 2.27. The van der Waals surface area contributed by atoms with Crippen LogP contribution in [0.25, 0.3) is 10.8 Å². The molecule has 1 heterocycles. The number of amides is 1. The van der Waals surface area contributed by atoms with Crippen LogP contribution < -0.4 is 15.4 Å². The molecule has 5 rings (SSSR count). The summed E-state index contributed by atoms with van der Waals surface area (Å²) in [7, 11) is -1.14. The van der Waals surface area contributed by atoms with Crippen LogP contribution in [0.15, 0.2) is 91.0 Å². The van der Waals surface area contributed by atoms with Crippen LogP contribution in [0.1, 0.15) is 39.4 Å². The van der Waals surface area contributed by atoms with E-state index in [1.807, 2.05) is 36.4 Å². The molecule has 4 aromatic rings. The van der Waals surface area contributed by atoms with Crippen molar-refractivity contribution in [2.45, 2.75) is 57.3 Å². The molecule has 0 radical (unpaired) electrons. The van der Waals surface area contributed by atoms with E-state index in [1.54, 1.807) is 0 Å². The van der Waals surface area contributed by atoms with E-state index >= 15 is 0 Å². The molecule has 0 bridgehead atoms. The summed E-state index contributed by atoms with van der Waals surface area (Å²) in [5, 5.41) is 8.74. The normalized spacial score (nSPS) is 17.1. The Morgan fingerprint density at radius 3 is 2.49 bits per heavy atom. The summed E-state index contributed by atoms with van der Waals surface area (Å²) in [6, 6.07) is 31.6. The van der Waals surface area contributed by atoms with Gasteiger partial charge in [-0.15, -0.1) is 0 Å². The van der Waals surface area contributed by atoms with Crippen molar-refractivity contribution in [3.63, 3.8) is 0 Å². The van der Waals surface area contributed by atoms with Gasteiger partial charge in [0.2, 0.25) is 0 Å². The Morgan fingerprint density at radius 1 is 0.930 bits per heavy atom. The Kier molecular flexibility index (Phi) is 10.6. The number of hydrogen-bond acceptors (Lipinski definition) is 5. The molecular weight excluding hydrogens is 552 g/mol. The number of rotatable bonds is 13. The van der Waals surface area contributed by atoms with Crippen molar-refractivity contribution in [2.75, 3.05) is 26.5 Å². The van der Waals surface area contributed by atoms with E-state index in [0.29, 0.717) is 24.6 Å². The fourth-order valence-corrected chi connectivity index (χ4v) is 6.18. The molecule has 2 N–H and O–H groups in total. The molecule has 1 amide bonds. The van der Waals surface area contributed by atoms with Gasteiger partial charge >= 0.3 is 0 Å². The predicted molar refractivity (Wildman–Crippen MR) is 176 cm³/mol. The number of benzene rings is 4. The third-order valence-corrected chi connectivity index (χ3v) is 9.67. The maximum absolute atomic E-state index is 12.4. The second-order valence-corrected chi connectivity index (χ2v) is 18.2. The lowest BCUT2D eigenvalue weighted by Crippen LogP contribution is -2.41. The zero-order chi connectivity index (χ0) is 30.1. The van der Waals surface area contributed by atoms with Gasteiger partial charge in [0.05, 0.1) is 12.7 Å². The molecule has 0 aliphatic carbocycles. The third-order valence-electron chi connectivity index (χ3n) is 7.97. The minimum atomic E-state index is -1.14. The van der Waals surface area contributed by atoms with Crippen molar-refractivity contribution in [3.8, 4) is 5.75 Å². The summed E-state index contributed by atoms with van der Waals surface area (Å²) in [5.74, 6) is 1.07. The average molecular weight is 597 g/mol. The standard InChI is InChI=1S/C36H44N2O4Si/c1-43(2,3)20-19-40-26-42-34-22-28(21-31-11-7-8-12-32(31)34)25-41-35-24-37-18-17-33(35)29-15-13-27(14-16-29)23-38-36(39)30-9-5-4-6-10-30/h4-16,21-22,33,35,37H,17-20,23-26H2,1-3H3,(H,38,39). The molecule has 0 aromatic heterocycles. The number of carbonyl (C=O) groups is 1. The lowest BCUT2D eigenvalue weighted by molar-refractivity contribution is 0.00982. The molecule has 2 unspecified atom stereocenters. The fourth-order valence-electron chi connectivity index (χ4n) is 5.43. The smallest absolute Gasteiger partial charge is 0.251 e. The number of fused-ring (bicyclic) bond motifs is 1. The lowest BCUT2D eigenvalue weighted by Gasteiger charge is -2.32. The number of piperidine rings is 1. The Morgan fingerprint density at radius 2 is 1.70 bits per heavy atom. The van der Waals surface area contributed by atoms with Crippen molar-refractivity contribution in [1.29, 1.82) is 0 Å². The first kappa shape index (κ1) is 30.9. The van der Waals surface area contributed by atoms with Crippen LogP contribution in [0.2, 0.25) is 25.7 Å². The Labute approximate surface area is 256 Å². The molecule has 7 heteroatoms. The third kappa shape index (κ3) is 9.00. The minimum Gasteiger partial charge on any atom is -0.467 e. The van der Waals surface area contributed by atoms with Gasteiger partial charge in [-0.25, -0.2) is 0 Å². The Balaban J connectivity index is 1.19. The van der Waals surface area contributed by atoms with E-state index in [2.05, 4.69) is 84.9 Å². The summed E-state index contributed by atoms with van der Waals surface area (Å²) in [5.41, 5.74) is 4.10. The monoisotopic (exact) mass is 596 g/mol. The minimum absolute atomic E-state index is 0.0538. The van der Waals surface area contributed by atoms with E-state index in [4.69, 9.17) is 14.2 Å². The fraction of sp³-hybridized carbons (Fsp3) is 0.361. The van der Waals surface area contributed by atoms with Gasteiger partial charge in [0.15, 0.2) is 6.79 Å². The first-order chi connectivity index (χ1) is 20.9. The van der Waals surface area contributed by atoms with E-state index in [1.165, 1.54) is 5.56 Å². The van der Waals surface area contributed by atoms with Gasteiger partial charge in [0.25, 0.3) is 5.91 Å². The maximum atomic E-state index is 12.4. The molecule has 4 aromatic carbocycles. The van der Waals surface area contributed by atoms with Crippen LogP contribution in [0.5, 0.6) is 5.75 Å². The van der Waals surface area contributed by atoms with Crippen molar-refractivity contribution < 1.29 is 19.0 Å². The Hall–Kier alpha value is -3.49. The topological polar surface area (TPSA) is 68.8 Å². The van der Waals surface area contributed by atoms with Gasteiger partial charge in [-0.3, -0.25) is 4.79 Å². The first-order valence-corrected chi connectivity index (χ1v) is 19.0. The summed E-state index contributed by atoms with van der Waals surface area (Å²) < 4.78 is 18.5. The van der Waals surface area contributed by atoms with Gasteiger partial charge in [-0.1, -0.05) is 86.4 Å². The first-order valence-electron chi connectivity index (χ1n) is 15.3. The number of carbonyl (C=O) groups excluding carboxylic acids is 1. The molecule has 1 aliphatic heterocycles. The predicted octanol–water partition coefficient (Wildman–Crippen LogP) is 7.12. The summed E-state index contributed by atoms with van der Waals surface area (Å²) >= 11 is 0. The van der Waals surface area contributed by atoms with Gasteiger partial charge < -0.3 is 24.8 Å². The molecular formula is C36H44N2O4Si. The van der Waals surface area contributed by atoms with Gasteiger partial charge in [0, 0.05) is 44.6 Å². The number of nitrogens with one attached hydrogen (secondary N) is 2. The van der Waals surface area contributed by atoms with Crippen LogP contribution in [0, 0.1) is 0 Å². The SMILES string of the molecule is C[Si](C)(C)CCOCOc1cc(COC2CNCCC2c2ccc(CNC(=O)c3ccccc3)cc2)cc2ccccc12. The maximum Gasteiger partial charge on any atom is 0.251 e. The molecule has 226 valence electrons. The highest BCUT2D eigenvalue weighted by molar-refractivity contribution is 6.76. The second-order valence-electron chi connectivity index (χ2n) is 12.5. The zero-order valence-corrected chi connectivity index (χ0v) is 26.6. The molecule has 43 heavy (non-hydrogen) atoms. The van der Waals surface area contributed by atoms with Crippen LogP contribution in [0.4, 0.5) is 0 Å². The van der Waals surface area contributed by atoms with Crippen molar-refractivity contribution in [2.24, 2.45) is 0 Å². The molecule has 1 saturated heterocycles. The summed E-state index contributed by atoms with van der Waals surface area (Å²) in [4.78, 5) is 12.4. The van der Waals surface area contributed by atoms with Crippen molar-refractivity contribution in [3.05, 3.63) is 113 Å². The quantitative estimate of drug-likeness (QED) is 0.0977. The Bertz CT molecular complexity index is 1470. The summed E-state index contributed by atoms with van der Waals surface area (Å²) in [6.45, 7) is 10.8. The van der Waals surface area contributed by atoms with Crippen LogP contribution in [-0.4, -0.2) is 46.6 Å². The molecule has 0 spiro atoms. The number of ether oxygens (including phenoxy) is 3. The molecule has 0 saturated carbocycles. The van der Waals surface area contributed by atoms with Crippen molar-refractivity contribution >= 4 is 24.8 Å². The van der Waals surface area contributed by atoms with Gasteiger partial charge in [0.1, 0.15) is 5.75 Å². The highest BCUT2D eigenvalue weighted by atomic mass is 28.3. The highest BCUT2D eigenvalue weighted by Crippen LogP contribution is 2.31.